The fourth-order valence-corrected chi connectivity index (χ4v) is 3.58. The van der Waals surface area contributed by atoms with Crippen molar-refractivity contribution in [2.45, 2.75) is 12.1 Å². The summed E-state index contributed by atoms with van der Waals surface area (Å²) >= 11 is 0. The molecule has 1 fully saturated rings. The first-order valence-corrected chi connectivity index (χ1v) is 8.61. The SMILES string of the molecule is CN1CCO[C@@H](CNc2ccnc3ccccc23)[C@@H]1c1ccnn1C. The van der Waals surface area contributed by atoms with Gasteiger partial charge in [-0.05, 0) is 25.2 Å². The number of nitrogens with one attached hydrogen (secondary N) is 1. The van der Waals surface area contributed by atoms with Gasteiger partial charge < -0.3 is 10.1 Å². The van der Waals surface area contributed by atoms with Gasteiger partial charge in [0, 0.05) is 43.6 Å². The Morgan fingerprint density at radius 3 is 2.88 bits per heavy atom. The first kappa shape index (κ1) is 16.1. The van der Waals surface area contributed by atoms with E-state index in [9.17, 15) is 0 Å². The molecule has 25 heavy (non-hydrogen) atoms. The topological polar surface area (TPSA) is 55.2 Å². The fourth-order valence-electron chi connectivity index (χ4n) is 3.58. The lowest BCUT2D eigenvalue weighted by atomic mass is 10.0. The number of benzene rings is 1. The van der Waals surface area contributed by atoms with Gasteiger partial charge in [0.1, 0.15) is 0 Å². The van der Waals surface area contributed by atoms with E-state index in [4.69, 9.17) is 4.74 Å². The number of fused-ring (bicyclic) bond motifs is 1. The Morgan fingerprint density at radius 1 is 1.16 bits per heavy atom. The van der Waals surface area contributed by atoms with Crippen molar-refractivity contribution in [3.8, 4) is 0 Å². The normalized spacial score (nSPS) is 21.5. The monoisotopic (exact) mass is 337 g/mol. The van der Waals surface area contributed by atoms with Crippen LogP contribution in [0.15, 0.2) is 48.8 Å². The van der Waals surface area contributed by atoms with E-state index in [0.717, 1.165) is 36.3 Å². The molecule has 1 aliphatic heterocycles. The van der Waals surface area contributed by atoms with Crippen LogP contribution in [-0.4, -0.2) is 52.5 Å². The maximum absolute atomic E-state index is 6.11. The number of pyridine rings is 1. The molecule has 6 heteroatoms. The highest BCUT2D eigenvalue weighted by Crippen LogP contribution is 2.29. The third-order valence-corrected chi connectivity index (χ3v) is 4.91. The van der Waals surface area contributed by atoms with Crippen molar-refractivity contribution in [1.29, 1.82) is 0 Å². The first-order valence-electron chi connectivity index (χ1n) is 8.61. The average Bonchev–Trinajstić information content (AvgIpc) is 3.05. The minimum atomic E-state index is 0.0566. The summed E-state index contributed by atoms with van der Waals surface area (Å²) in [6.07, 6.45) is 3.75. The van der Waals surface area contributed by atoms with Crippen molar-refractivity contribution in [2.75, 3.05) is 32.1 Å². The molecule has 0 saturated carbocycles. The van der Waals surface area contributed by atoms with Crippen LogP contribution in [0.25, 0.3) is 10.9 Å². The van der Waals surface area contributed by atoms with Gasteiger partial charge >= 0.3 is 0 Å². The summed E-state index contributed by atoms with van der Waals surface area (Å²) < 4.78 is 8.05. The van der Waals surface area contributed by atoms with Crippen LogP contribution < -0.4 is 5.32 Å². The molecule has 0 bridgehead atoms. The van der Waals surface area contributed by atoms with Crippen LogP contribution in [0.1, 0.15) is 11.7 Å². The summed E-state index contributed by atoms with van der Waals surface area (Å²) in [4.78, 5) is 6.77. The third-order valence-electron chi connectivity index (χ3n) is 4.91. The lowest BCUT2D eigenvalue weighted by Gasteiger charge is -2.39. The second-order valence-electron chi connectivity index (χ2n) is 6.47. The molecule has 0 aliphatic carbocycles. The highest BCUT2D eigenvalue weighted by Gasteiger charge is 2.33. The number of rotatable bonds is 4. The molecule has 0 radical (unpaired) electrons. The van der Waals surface area contributed by atoms with Crippen LogP contribution >= 0.6 is 0 Å². The van der Waals surface area contributed by atoms with Gasteiger partial charge in [-0.3, -0.25) is 14.6 Å². The maximum Gasteiger partial charge on any atom is 0.0959 e. The molecule has 4 rings (SSSR count). The Kier molecular flexibility index (Phi) is 4.38. The van der Waals surface area contributed by atoms with Gasteiger partial charge in [0.15, 0.2) is 0 Å². The molecule has 6 nitrogen and oxygen atoms in total. The quantitative estimate of drug-likeness (QED) is 0.792. The smallest absolute Gasteiger partial charge is 0.0959 e. The number of para-hydroxylation sites is 1. The summed E-state index contributed by atoms with van der Waals surface area (Å²) in [6, 6.07) is 12.5. The van der Waals surface area contributed by atoms with Crippen molar-refractivity contribution in [2.24, 2.45) is 7.05 Å². The van der Waals surface area contributed by atoms with Gasteiger partial charge in [-0.2, -0.15) is 5.10 Å². The number of aromatic nitrogens is 3. The number of nitrogens with zero attached hydrogens (tertiary/aromatic N) is 4. The van der Waals surface area contributed by atoms with E-state index in [-0.39, 0.29) is 12.1 Å². The molecule has 1 aliphatic rings. The Bertz CT molecular complexity index is 856. The van der Waals surface area contributed by atoms with Gasteiger partial charge in [-0.15, -0.1) is 0 Å². The maximum atomic E-state index is 6.11. The van der Waals surface area contributed by atoms with E-state index < -0.39 is 0 Å². The summed E-state index contributed by atoms with van der Waals surface area (Å²) in [7, 11) is 4.13. The summed E-state index contributed by atoms with van der Waals surface area (Å²) in [5, 5.41) is 9.02. The molecule has 0 spiro atoms. The second-order valence-corrected chi connectivity index (χ2v) is 6.47. The molecule has 1 aromatic carbocycles. The third kappa shape index (κ3) is 3.10. The van der Waals surface area contributed by atoms with Gasteiger partial charge in [0.05, 0.1) is 30.0 Å². The zero-order valence-corrected chi connectivity index (χ0v) is 14.6. The van der Waals surface area contributed by atoms with Crippen molar-refractivity contribution in [1.82, 2.24) is 19.7 Å². The van der Waals surface area contributed by atoms with E-state index in [1.807, 2.05) is 48.4 Å². The number of anilines is 1. The molecule has 0 amide bonds. The number of ether oxygens (including phenoxy) is 1. The van der Waals surface area contributed by atoms with Crippen LogP contribution in [0.4, 0.5) is 5.69 Å². The fraction of sp³-hybridized carbons (Fsp3) is 0.368. The summed E-state index contributed by atoms with van der Waals surface area (Å²) in [5.74, 6) is 0. The van der Waals surface area contributed by atoms with Crippen LogP contribution in [-0.2, 0) is 11.8 Å². The number of hydrogen-bond donors (Lipinski definition) is 1. The minimum absolute atomic E-state index is 0.0566. The summed E-state index contributed by atoms with van der Waals surface area (Å²) in [6.45, 7) is 2.40. The highest BCUT2D eigenvalue weighted by atomic mass is 16.5. The van der Waals surface area contributed by atoms with E-state index in [1.165, 1.54) is 5.69 Å². The molecule has 2 aromatic heterocycles. The lowest BCUT2D eigenvalue weighted by molar-refractivity contribution is -0.0581. The van der Waals surface area contributed by atoms with E-state index >= 15 is 0 Å². The average molecular weight is 337 g/mol. The predicted molar refractivity (Wildman–Crippen MR) is 98.6 cm³/mol. The number of aryl methyl sites for hydroxylation is 1. The number of likely N-dealkylation sites (N-methyl/N-ethyl adjacent to an activating group) is 1. The Morgan fingerprint density at radius 2 is 2.04 bits per heavy atom. The van der Waals surface area contributed by atoms with Crippen LogP contribution in [0.5, 0.6) is 0 Å². The molecule has 1 N–H and O–H groups in total. The zero-order chi connectivity index (χ0) is 17.2. The van der Waals surface area contributed by atoms with Crippen molar-refractivity contribution >= 4 is 16.6 Å². The van der Waals surface area contributed by atoms with Crippen LogP contribution in [0, 0.1) is 0 Å². The largest absolute Gasteiger partial charge is 0.382 e. The predicted octanol–water partition coefficient (Wildman–Crippen LogP) is 2.45. The second kappa shape index (κ2) is 6.82. The van der Waals surface area contributed by atoms with Crippen molar-refractivity contribution < 1.29 is 4.74 Å². The van der Waals surface area contributed by atoms with Crippen LogP contribution in [0.3, 0.4) is 0 Å². The molecule has 0 unspecified atom stereocenters. The highest BCUT2D eigenvalue weighted by molar-refractivity contribution is 5.90. The lowest BCUT2D eigenvalue weighted by Crippen LogP contribution is -2.46. The molecular formula is C19H23N5O. The molecule has 2 atom stereocenters. The van der Waals surface area contributed by atoms with E-state index in [2.05, 4.69) is 39.5 Å². The van der Waals surface area contributed by atoms with Gasteiger partial charge in [0.2, 0.25) is 0 Å². The molecule has 130 valence electrons. The Labute approximate surface area is 147 Å². The molecule has 3 heterocycles. The molecular weight excluding hydrogens is 314 g/mol. The van der Waals surface area contributed by atoms with E-state index in [1.54, 1.807) is 0 Å². The minimum Gasteiger partial charge on any atom is -0.382 e. The molecule has 1 saturated heterocycles. The van der Waals surface area contributed by atoms with Gasteiger partial charge in [0.25, 0.3) is 0 Å². The number of hydrogen-bond acceptors (Lipinski definition) is 5. The number of morpholine rings is 1. The van der Waals surface area contributed by atoms with Crippen molar-refractivity contribution in [3.63, 3.8) is 0 Å². The van der Waals surface area contributed by atoms with Gasteiger partial charge in [-0.25, -0.2) is 0 Å². The van der Waals surface area contributed by atoms with Gasteiger partial charge in [-0.1, -0.05) is 18.2 Å². The van der Waals surface area contributed by atoms with E-state index in [0.29, 0.717) is 0 Å². The van der Waals surface area contributed by atoms with Crippen LogP contribution in [0.2, 0.25) is 0 Å². The van der Waals surface area contributed by atoms with Crippen molar-refractivity contribution in [3.05, 3.63) is 54.5 Å². The first-order chi connectivity index (χ1) is 12.2. The zero-order valence-electron chi connectivity index (χ0n) is 14.6. The molecule has 3 aromatic rings. The Balaban J connectivity index is 1.57. The standard InChI is InChI=1S/C19H23N5O/c1-23-11-12-25-18(19(23)17-8-10-22-24(17)2)13-21-16-7-9-20-15-6-4-3-5-14(15)16/h3-10,18-19H,11-13H2,1-2H3,(H,20,21)/t18-,19-/m0/s1. The summed E-state index contributed by atoms with van der Waals surface area (Å²) in [5.41, 5.74) is 3.26. The Hall–Kier alpha value is -2.44.